The number of hydrogen-bond acceptors (Lipinski definition) is 3. The molecule has 16 heavy (non-hydrogen) atoms. The third-order valence-electron chi connectivity index (χ3n) is 2.03. The maximum absolute atomic E-state index is 13.6. The Hall–Kier alpha value is -1.68. The molecule has 1 N–H and O–H groups in total. The number of rotatable bonds is 2. The van der Waals surface area contributed by atoms with Crippen molar-refractivity contribution >= 4 is 23.1 Å². The molecule has 0 bridgehead atoms. The molecule has 0 spiro atoms. The molecule has 0 saturated heterocycles. The Morgan fingerprint density at radius 2 is 1.88 bits per heavy atom. The summed E-state index contributed by atoms with van der Waals surface area (Å²) in [4.78, 5) is 7.51. The lowest BCUT2D eigenvalue weighted by Crippen LogP contribution is -2.01. The van der Waals surface area contributed by atoms with Gasteiger partial charge in [-0.1, -0.05) is 18.2 Å². The van der Waals surface area contributed by atoms with Crippen LogP contribution in [0.2, 0.25) is 5.28 Å². The molecule has 0 saturated carbocycles. The lowest BCUT2D eigenvalue weighted by Gasteiger charge is -2.07. The number of nitrogens with one attached hydrogen (secondary N) is 1. The van der Waals surface area contributed by atoms with Crippen molar-refractivity contribution in [3.8, 4) is 0 Å². The standard InChI is InChI=1S/C11H9ClFN3/c1-7-9(13)10(16-11(12)14-7)15-8-5-3-2-4-6-8/h2-6H,1H3,(H,14,15,16). The fourth-order valence-electron chi connectivity index (χ4n) is 1.27. The number of nitrogens with zero attached hydrogens (tertiary/aromatic N) is 2. The first-order chi connectivity index (χ1) is 7.66. The van der Waals surface area contributed by atoms with Crippen molar-refractivity contribution in [2.45, 2.75) is 6.92 Å². The number of para-hydroxylation sites is 1. The maximum Gasteiger partial charge on any atom is 0.224 e. The first-order valence-electron chi connectivity index (χ1n) is 4.68. The summed E-state index contributed by atoms with van der Waals surface area (Å²) in [5.74, 6) is -0.406. The van der Waals surface area contributed by atoms with E-state index in [1.54, 1.807) is 6.92 Å². The average Bonchev–Trinajstić information content (AvgIpc) is 2.27. The highest BCUT2D eigenvalue weighted by molar-refractivity contribution is 6.28. The van der Waals surface area contributed by atoms with Crippen LogP contribution in [0.25, 0.3) is 0 Å². The molecule has 1 aromatic heterocycles. The summed E-state index contributed by atoms with van der Waals surface area (Å²) in [5.41, 5.74) is 0.967. The zero-order valence-electron chi connectivity index (χ0n) is 8.54. The number of benzene rings is 1. The fourth-order valence-corrected chi connectivity index (χ4v) is 1.48. The molecule has 0 aliphatic heterocycles. The van der Waals surface area contributed by atoms with Crippen LogP contribution in [0.15, 0.2) is 30.3 Å². The molecule has 0 unspecified atom stereocenters. The molecule has 0 aliphatic carbocycles. The van der Waals surface area contributed by atoms with Crippen LogP contribution < -0.4 is 5.32 Å². The molecule has 2 aromatic rings. The molecule has 5 heteroatoms. The van der Waals surface area contributed by atoms with E-state index in [1.807, 2.05) is 30.3 Å². The molecule has 0 amide bonds. The van der Waals surface area contributed by atoms with E-state index < -0.39 is 5.82 Å². The highest BCUT2D eigenvalue weighted by atomic mass is 35.5. The smallest absolute Gasteiger partial charge is 0.224 e. The van der Waals surface area contributed by atoms with Crippen LogP contribution in [0.1, 0.15) is 5.69 Å². The fraction of sp³-hybridized carbons (Fsp3) is 0.0909. The zero-order valence-corrected chi connectivity index (χ0v) is 9.29. The van der Waals surface area contributed by atoms with Gasteiger partial charge in [0.1, 0.15) is 0 Å². The Labute approximate surface area is 97.3 Å². The summed E-state index contributed by atoms with van der Waals surface area (Å²) in [6, 6.07) is 9.18. The number of aromatic nitrogens is 2. The lowest BCUT2D eigenvalue weighted by atomic mass is 10.3. The predicted molar refractivity (Wildman–Crippen MR) is 61.5 cm³/mol. The van der Waals surface area contributed by atoms with Gasteiger partial charge in [-0.2, -0.15) is 4.98 Å². The summed E-state index contributed by atoms with van der Waals surface area (Å²) in [6.07, 6.45) is 0. The lowest BCUT2D eigenvalue weighted by molar-refractivity contribution is 0.607. The van der Waals surface area contributed by atoms with Crippen molar-refractivity contribution in [1.82, 2.24) is 9.97 Å². The number of anilines is 2. The van der Waals surface area contributed by atoms with E-state index in [2.05, 4.69) is 15.3 Å². The normalized spacial score (nSPS) is 10.2. The van der Waals surface area contributed by atoms with Gasteiger partial charge in [0, 0.05) is 5.69 Å². The molecule has 0 radical (unpaired) electrons. The van der Waals surface area contributed by atoms with Gasteiger partial charge in [0.2, 0.25) is 5.28 Å². The SMILES string of the molecule is Cc1nc(Cl)nc(Nc2ccccc2)c1F. The minimum atomic E-state index is -0.492. The van der Waals surface area contributed by atoms with Gasteiger partial charge in [0.25, 0.3) is 0 Å². The molecule has 2 rings (SSSR count). The van der Waals surface area contributed by atoms with Crippen LogP contribution in [0.3, 0.4) is 0 Å². The monoisotopic (exact) mass is 237 g/mol. The van der Waals surface area contributed by atoms with E-state index in [4.69, 9.17) is 11.6 Å². The molecular formula is C11H9ClFN3. The minimum Gasteiger partial charge on any atom is -0.338 e. The summed E-state index contributed by atoms with van der Waals surface area (Å²) in [7, 11) is 0. The van der Waals surface area contributed by atoms with Crippen LogP contribution in [0.4, 0.5) is 15.9 Å². The Balaban J connectivity index is 2.35. The Morgan fingerprint density at radius 3 is 2.56 bits per heavy atom. The van der Waals surface area contributed by atoms with E-state index in [-0.39, 0.29) is 16.8 Å². The average molecular weight is 238 g/mol. The Bertz CT molecular complexity index is 502. The minimum absolute atomic E-state index is 0.0253. The van der Waals surface area contributed by atoms with Crippen LogP contribution in [-0.2, 0) is 0 Å². The van der Waals surface area contributed by atoms with Crippen LogP contribution in [-0.4, -0.2) is 9.97 Å². The molecule has 0 fully saturated rings. The third kappa shape index (κ3) is 2.28. The van der Waals surface area contributed by atoms with E-state index in [0.29, 0.717) is 0 Å². The zero-order chi connectivity index (χ0) is 11.5. The third-order valence-corrected chi connectivity index (χ3v) is 2.20. The molecule has 1 aromatic carbocycles. The summed E-state index contributed by atoms with van der Waals surface area (Å²) in [6.45, 7) is 1.54. The summed E-state index contributed by atoms with van der Waals surface area (Å²) >= 11 is 5.66. The van der Waals surface area contributed by atoms with Crippen molar-refractivity contribution in [3.05, 3.63) is 47.1 Å². The largest absolute Gasteiger partial charge is 0.338 e. The van der Waals surface area contributed by atoms with Crippen LogP contribution in [0.5, 0.6) is 0 Å². The van der Waals surface area contributed by atoms with Gasteiger partial charge < -0.3 is 5.32 Å². The van der Waals surface area contributed by atoms with E-state index in [1.165, 1.54) is 0 Å². The van der Waals surface area contributed by atoms with Crippen molar-refractivity contribution in [3.63, 3.8) is 0 Å². The summed E-state index contributed by atoms with van der Waals surface area (Å²) < 4.78 is 13.6. The number of aryl methyl sites for hydroxylation is 1. The summed E-state index contributed by atoms with van der Waals surface area (Å²) in [5, 5.41) is 2.87. The molecule has 0 atom stereocenters. The van der Waals surface area contributed by atoms with Crippen molar-refractivity contribution in [2.75, 3.05) is 5.32 Å². The first kappa shape index (κ1) is 10.8. The van der Waals surface area contributed by atoms with Crippen LogP contribution >= 0.6 is 11.6 Å². The van der Waals surface area contributed by atoms with E-state index in [0.717, 1.165) is 5.69 Å². The second kappa shape index (κ2) is 4.45. The van der Waals surface area contributed by atoms with Gasteiger partial charge in [0.05, 0.1) is 5.69 Å². The van der Waals surface area contributed by atoms with Crippen molar-refractivity contribution in [2.24, 2.45) is 0 Å². The Morgan fingerprint density at radius 1 is 1.19 bits per heavy atom. The van der Waals surface area contributed by atoms with E-state index >= 15 is 0 Å². The van der Waals surface area contributed by atoms with Gasteiger partial charge in [-0.25, -0.2) is 9.37 Å². The van der Waals surface area contributed by atoms with Gasteiger partial charge in [-0.15, -0.1) is 0 Å². The van der Waals surface area contributed by atoms with Crippen molar-refractivity contribution in [1.29, 1.82) is 0 Å². The molecular weight excluding hydrogens is 229 g/mol. The highest BCUT2D eigenvalue weighted by Crippen LogP contribution is 2.20. The molecule has 1 heterocycles. The van der Waals surface area contributed by atoms with Gasteiger partial charge >= 0.3 is 0 Å². The molecule has 82 valence electrons. The van der Waals surface area contributed by atoms with Gasteiger partial charge in [-0.05, 0) is 30.7 Å². The van der Waals surface area contributed by atoms with Crippen molar-refractivity contribution < 1.29 is 4.39 Å². The predicted octanol–water partition coefficient (Wildman–Crippen LogP) is 3.32. The highest BCUT2D eigenvalue weighted by Gasteiger charge is 2.10. The van der Waals surface area contributed by atoms with E-state index in [9.17, 15) is 4.39 Å². The number of halogens is 2. The first-order valence-corrected chi connectivity index (χ1v) is 5.06. The van der Waals surface area contributed by atoms with Crippen LogP contribution in [0, 0.1) is 12.7 Å². The number of hydrogen-bond donors (Lipinski definition) is 1. The molecule has 3 nitrogen and oxygen atoms in total. The second-order valence-electron chi connectivity index (χ2n) is 3.23. The Kier molecular flexibility index (Phi) is 3.01. The van der Waals surface area contributed by atoms with Gasteiger partial charge in [0.15, 0.2) is 11.6 Å². The maximum atomic E-state index is 13.6. The quantitative estimate of drug-likeness (QED) is 0.815. The second-order valence-corrected chi connectivity index (χ2v) is 3.57. The van der Waals surface area contributed by atoms with Gasteiger partial charge in [-0.3, -0.25) is 0 Å². The topological polar surface area (TPSA) is 37.8 Å². The molecule has 0 aliphatic rings.